The number of ether oxygens (including phenoxy) is 2. The third-order valence-electron chi connectivity index (χ3n) is 9.69. The van der Waals surface area contributed by atoms with Crippen molar-refractivity contribution in [3.63, 3.8) is 0 Å². The topological polar surface area (TPSA) is 117 Å². The second-order valence-corrected chi connectivity index (χ2v) is 13.6. The monoisotopic (exact) mass is 710 g/mol. The van der Waals surface area contributed by atoms with Gasteiger partial charge in [0.2, 0.25) is 11.8 Å². The Hall–Kier alpha value is -5.06. The Morgan fingerprint density at radius 1 is 0.600 bits per heavy atom. The maximum absolute atomic E-state index is 12.8. The number of amides is 4. The summed E-state index contributed by atoms with van der Waals surface area (Å²) >= 11 is 14.3. The molecule has 2 atom stereocenters. The zero-order valence-corrected chi connectivity index (χ0v) is 28.4. The van der Waals surface area contributed by atoms with E-state index in [1.165, 1.54) is 0 Å². The van der Waals surface area contributed by atoms with Crippen LogP contribution in [0.1, 0.15) is 25.7 Å². The summed E-state index contributed by atoms with van der Waals surface area (Å²) in [5.74, 6) is 0.819. The van der Waals surface area contributed by atoms with Crippen molar-refractivity contribution in [2.75, 3.05) is 36.1 Å². The van der Waals surface area contributed by atoms with Crippen molar-refractivity contribution in [2.24, 2.45) is 0 Å². The van der Waals surface area contributed by atoms with E-state index in [0.29, 0.717) is 71.7 Å². The Morgan fingerprint density at radius 2 is 1.02 bits per heavy atom. The fourth-order valence-corrected chi connectivity index (χ4v) is 7.81. The Labute approximate surface area is 298 Å². The maximum Gasteiger partial charge on any atom is 0.265 e. The van der Waals surface area contributed by atoms with Crippen LogP contribution in [0.3, 0.4) is 0 Å². The van der Waals surface area contributed by atoms with Gasteiger partial charge in [-0.05, 0) is 48.2 Å². The van der Waals surface area contributed by atoms with Crippen LogP contribution in [0.4, 0.5) is 11.4 Å². The zero-order chi connectivity index (χ0) is 34.5. The van der Waals surface area contributed by atoms with Gasteiger partial charge in [-0.1, -0.05) is 71.7 Å². The molecule has 4 heterocycles. The molecule has 12 heteroatoms. The summed E-state index contributed by atoms with van der Waals surface area (Å²) in [6.45, 7) is 0.596. The Kier molecular flexibility index (Phi) is 8.36. The van der Waals surface area contributed by atoms with Crippen LogP contribution in [0.15, 0.2) is 72.8 Å². The summed E-state index contributed by atoms with van der Waals surface area (Å²) in [5, 5.41) is 6.88. The number of carbonyl (C=O) groups excluding carboxylic acids is 4. The Bertz CT molecular complexity index is 1940. The summed E-state index contributed by atoms with van der Waals surface area (Å²) in [5.41, 5.74) is 5.97. The molecule has 4 amide bonds. The number of anilines is 2. The van der Waals surface area contributed by atoms with Gasteiger partial charge in [0.1, 0.15) is 11.5 Å². The second kappa shape index (κ2) is 13.0. The van der Waals surface area contributed by atoms with Gasteiger partial charge in [-0.2, -0.15) is 0 Å². The van der Waals surface area contributed by atoms with Crippen molar-refractivity contribution >= 4 is 58.2 Å². The van der Waals surface area contributed by atoms with Gasteiger partial charge in [0.05, 0.1) is 21.4 Å². The minimum atomic E-state index is -0.156. The highest BCUT2D eigenvalue weighted by molar-refractivity contribution is 6.39. The molecule has 2 saturated heterocycles. The normalized spacial score (nSPS) is 19.8. The van der Waals surface area contributed by atoms with Crippen molar-refractivity contribution in [1.29, 1.82) is 0 Å². The van der Waals surface area contributed by atoms with Crippen molar-refractivity contribution in [3.05, 3.63) is 82.8 Å². The quantitative estimate of drug-likeness (QED) is 0.243. The molecule has 0 unspecified atom stereocenters. The lowest BCUT2D eigenvalue weighted by molar-refractivity contribution is -0.122. The van der Waals surface area contributed by atoms with E-state index in [-0.39, 0.29) is 48.9 Å². The first-order chi connectivity index (χ1) is 24.2. The van der Waals surface area contributed by atoms with Crippen molar-refractivity contribution < 1.29 is 28.7 Å². The summed E-state index contributed by atoms with van der Waals surface area (Å²) < 4.78 is 11.7. The highest BCUT2D eigenvalue weighted by Gasteiger charge is 2.33. The summed E-state index contributed by atoms with van der Waals surface area (Å²) in [4.78, 5) is 52.4. The standard InChI is InChI=1S/C38H32Cl2N4O6/c39-37-25(21-7-11-29-31(15-21)49-19-35(47)43(29)17-23-9-13-33(45)41-23)3-1-5-27(37)28-6-2-4-26(38(28)40)22-8-12-30-32(16-22)50-20-36(48)44(30)18-24-10-14-34(46)42-24/h1-8,11-12,15-16,23-24H,9-10,13-14,17-20H2,(H,41,45)(H,42,46)/t23-,24-/m0/s1. The molecule has 4 aliphatic heterocycles. The van der Waals surface area contributed by atoms with Crippen LogP contribution in [0.2, 0.25) is 10.0 Å². The van der Waals surface area contributed by atoms with Crippen LogP contribution in [-0.4, -0.2) is 62.0 Å². The predicted octanol–water partition coefficient (Wildman–Crippen LogP) is 6.00. The van der Waals surface area contributed by atoms with Gasteiger partial charge in [-0.25, -0.2) is 0 Å². The van der Waals surface area contributed by atoms with Gasteiger partial charge in [-0.3, -0.25) is 19.2 Å². The number of fused-ring (bicyclic) bond motifs is 2. The van der Waals surface area contributed by atoms with Gasteiger partial charge in [0.25, 0.3) is 11.8 Å². The molecule has 4 aromatic rings. The third-order valence-corrected chi connectivity index (χ3v) is 10.5. The summed E-state index contributed by atoms with van der Waals surface area (Å²) in [7, 11) is 0. The lowest BCUT2D eigenvalue weighted by Gasteiger charge is -2.31. The molecule has 0 bridgehead atoms. The van der Waals surface area contributed by atoms with Gasteiger partial charge in [0.15, 0.2) is 13.2 Å². The van der Waals surface area contributed by atoms with Crippen molar-refractivity contribution in [2.45, 2.75) is 37.8 Å². The average molecular weight is 712 g/mol. The number of carbonyl (C=O) groups is 4. The molecule has 0 aliphatic carbocycles. The van der Waals surface area contributed by atoms with Crippen molar-refractivity contribution in [3.8, 4) is 44.9 Å². The number of hydrogen-bond donors (Lipinski definition) is 2. The lowest BCUT2D eigenvalue weighted by atomic mass is 9.95. The number of benzene rings is 4. The molecule has 0 spiro atoms. The average Bonchev–Trinajstić information content (AvgIpc) is 3.73. The highest BCUT2D eigenvalue weighted by Crippen LogP contribution is 2.45. The largest absolute Gasteiger partial charge is 0.482 e. The molecule has 4 aromatic carbocycles. The molecular weight excluding hydrogens is 679 g/mol. The maximum atomic E-state index is 12.8. The molecule has 4 aliphatic rings. The van der Waals surface area contributed by atoms with Gasteiger partial charge >= 0.3 is 0 Å². The van der Waals surface area contributed by atoms with Crippen LogP contribution in [0, 0.1) is 0 Å². The van der Waals surface area contributed by atoms with E-state index >= 15 is 0 Å². The number of nitrogens with one attached hydrogen (secondary N) is 2. The first-order valence-electron chi connectivity index (χ1n) is 16.5. The number of hydrogen-bond acceptors (Lipinski definition) is 6. The fraction of sp³-hybridized carbons (Fsp3) is 0.263. The Balaban J connectivity index is 1.08. The minimum Gasteiger partial charge on any atom is -0.482 e. The molecule has 8 rings (SSSR count). The number of rotatable bonds is 7. The third kappa shape index (κ3) is 5.92. The van der Waals surface area contributed by atoms with Gasteiger partial charge < -0.3 is 29.9 Å². The first-order valence-corrected chi connectivity index (χ1v) is 17.3. The second-order valence-electron chi connectivity index (χ2n) is 12.9. The van der Waals surface area contributed by atoms with Crippen LogP contribution in [0.25, 0.3) is 33.4 Å². The smallest absolute Gasteiger partial charge is 0.265 e. The molecular formula is C38H32Cl2N4O6. The van der Waals surface area contributed by atoms with Crippen LogP contribution >= 0.6 is 23.2 Å². The van der Waals surface area contributed by atoms with E-state index in [1.54, 1.807) is 9.80 Å². The van der Waals surface area contributed by atoms with E-state index in [1.807, 2.05) is 72.8 Å². The molecule has 50 heavy (non-hydrogen) atoms. The molecule has 0 saturated carbocycles. The highest BCUT2D eigenvalue weighted by atomic mass is 35.5. The van der Waals surface area contributed by atoms with Crippen LogP contribution in [0.5, 0.6) is 11.5 Å². The molecule has 0 radical (unpaired) electrons. The summed E-state index contributed by atoms with van der Waals surface area (Å²) in [6.07, 6.45) is 2.29. The van der Waals surface area contributed by atoms with E-state index in [2.05, 4.69) is 10.6 Å². The van der Waals surface area contributed by atoms with Crippen LogP contribution in [-0.2, 0) is 19.2 Å². The fourth-order valence-electron chi connectivity index (χ4n) is 7.14. The number of halogens is 2. The van der Waals surface area contributed by atoms with E-state index < -0.39 is 0 Å². The molecule has 2 fully saturated rings. The summed E-state index contributed by atoms with van der Waals surface area (Å²) in [6, 6.07) is 22.6. The van der Waals surface area contributed by atoms with E-state index in [4.69, 9.17) is 32.7 Å². The van der Waals surface area contributed by atoms with Crippen molar-refractivity contribution in [1.82, 2.24) is 10.6 Å². The van der Waals surface area contributed by atoms with E-state index in [9.17, 15) is 19.2 Å². The predicted molar refractivity (Wildman–Crippen MR) is 191 cm³/mol. The number of nitrogens with zero attached hydrogens (tertiary/aromatic N) is 2. The SMILES string of the molecule is O=C1CC[C@@H](CN2C(=O)COc3cc(-c4cccc(-c5cccc(-c6ccc7c(c6)OCC(=O)N7C[C@@H]6CCC(=O)N6)c5Cl)c4Cl)ccc32)N1. The molecule has 2 N–H and O–H groups in total. The van der Waals surface area contributed by atoms with E-state index in [0.717, 1.165) is 33.4 Å². The molecule has 10 nitrogen and oxygen atoms in total. The zero-order valence-electron chi connectivity index (χ0n) is 26.8. The van der Waals surface area contributed by atoms with Gasteiger partial charge in [-0.15, -0.1) is 0 Å². The lowest BCUT2D eigenvalue weighted by Crippen LogP contribution is -2.46. The first kappa shape index (κ1) is 32.2. The molecule has 254 valence electrons. The molecule has 0 aromatic heterocycles. The minimum absolute atomic E-state index is 0.000345. The van der Waals surface area contributed by atoms with Crippen LogP contribution < -0.4 is 29.9 Å². The Morgan fingerprint density at radius 3 is 1.42 bits per heavy atom. The van der Waals surface area contributed by atoms with Gasteiger partial charge in [0, 0.05) is 60.3 Å².